The van der Waals surface area contributed by atoms with Gasteiger partial charge in [0.15, 0.2) is 5.96 Å². The van der Waals surface area contributed by atoms with Crippen LogP contribution in [0.15, 0.2) is 42.5 Å². The zero-order valence-electron chi connectivity index (χ0n) is 23.0. The molecule has 2 amide bonds. The average molecular weight is 592 g/mol. The molecule has 0 aliphatic carbocycles. The monoisotopic (exact) mass is 591 g/mol. The third kappa shape index (κ3) is 8.94. The van der Waals surface area contributed by atoms with Crippen molar-refractivity contribution in [3.63, 3.8) is 0 Å². The molecule has 1 aliphatic heterocycles. The highest BCUT2D eigenvalue weighted by molar-refractivity contribution is 6.09. The number of guanidine groups is 1. The standard InChI is InChI=1S/C28H32F3N5O6/c1-41-20-9-6-19(7-10-20)16-36-22-11-8-18(5-3-2-4-13-34-27(32)33)15-21(22)25(39)35(17-23(36)37)14-12-24(38)42-26(40)28(29,30)31/h6-11,15H,2-5,12-14,16-17H2,1H3,(H4,32,33,34). The van der Waals surface area contributed by atoms with Crippen LogP contribution in [0, 0.1) is 5.41 Å². The molecule has 2 aromatic rings. The van der Waals surface area contributed by atoms with Crippen molar-refractivity contribution < 1.29 is 41.8 Å². The van der Waals surface area contributed by atoms with E-state index in [0.29, 0.717) is 24.4 Å². The molecule has 42 heavy (non-hydrogen) atoms. The third-order valence-electron chi connectivity index (χ3n) is 6.48. The van der Waals surface area contributed by atoms with E-state index in [0.717, 1.165) is 35.3 Å². The number of benzene rings is 2. The molecule has 3 rings (SSSR count). The van der Waals surface area contributed by atoms with Crippen LogP contribution >= 0.6 is 0 Å². The van der Waals surface area contributed by atoms with E-state index in [1.54, 1.807) is 36.4 Å². The first-order valence-electron chi connectivity index (χ1n) is 13.1. The van der Waals surface area contributed by atoms with Gasteiger partial charge in [-0.05, 0) is 54.7 Å². The van der Waals surface area contributed by atoms with Gasteiger partial charge in [0, 0.05) is 13.1 Å². The van der Waals surface area contributed by atoms with Crippen LogP contribution in [0.3, 0.4) is 0 Å². The van der Waals surface area contributed by atoms with E-state index in [2.05, 4.69) is 10.1 Å². The highest BCUT2D eigenvalue weighted by Crippen LogP contribution is 2.30. The van der Waals surface area contributed by atoms with Crippen LogP contribution in [0.2, 0.25) is 0 Å². The van der Waals surface area contributed by atoms with Crippen LogP contribution in [0.1, 0.15) is 47.2 Å². The summed E-state index contributed by atoms with van der Waals surface area (Å²) in [6, 6.07) is 12.2. The molecule has 0 atom stereocenters. The van der Waals surface area contributed by atoms with Gasteiger partial charge in [-0.3, -0.25) is 19.8 Å². The Morgan fingerprint density at radius 3 is 2.38 bits per heavy atom. The maximum Gasteiger partial charge on any atom is 0.491 e. The predicted molar refractivity (Wildman–Crippen MR) is 146 cm³/mol. The number of rotatable bonds is 12. The second-order valence-electron chi connectivity index (χ2n) is 9.57. The molecule has 1 heterocycles. The topological polar surface area (TPSA) is 155 Å². The predicted octanol–water partition coefficient (Wildman–Crippen LogP) is 2.90. The van der Waals surface area contributed by atoms with E-state index in [9.17, 15) is 32.3 Å². The number of aryl methyl sites for hydroxylation is 1. The van der Waals surface area contributed by atoms with Crippen molar-refractivity contribution in [2.24, 2.45) is 5.73 Å². The number of methoxy groups -OCH3 is 1. The lowest BCUT2D eigenvalue weighted by Crippen LogP contribution is -2.40. The summed E-state index contributed by atoms with van der Waals surface area (Å²) in [6.07, 6.45) is -3.04. The first-order chi connectivity index (χ1) is 19.9. The number of nitrogens with zero attached hydrogens (tertiary/aromatic N) is 2. The number of anilines is 1. The van der Waals surface area contributed by atoms with Gasteiger partial charge < -0.3 is 30.3 Å². The largest absolute Gasteiger partial charge is 0.497 e. The number of nitrogens with two attached hydrogens (primary N) is 1. The van der Waals surface area contributed by atoms with Gasteiger partial charge in [0.1, 0.15) is 12.3 Å². The van der Waals surface area contributed by atoms with E-state index in [1.165, 1.54) is 12.0 Å². The number of amides is 2. The van der Waals surface area contributed by atoms with E-state index in [1.807, 2.05) is 6.07 Å². The number of carbonyl (C=O) groups excluding carboxylic acids is 4. The van der Waals surface area contributed by atoms with Gasteiger partial charge in [-0.15, -0.1) is 0 Å². The summed E-state index contributed by atoms with van der Waals surface area (Å²) in [5, 5.41) is 9.92. The molecule has 1 aliphatic rings. The fraction of sp³-hybridized carbons (Fsp3) is 0.393. The van der Waals surface area contributed by atoms with Crippen LogP contribution in [0.5, 0.6) is 5.75 Å². The minimum Gasteiger partial charge on any atom is -0.497 e. The molecule has 11 nitrogen and oxygen atoms in total. The molecule has 0 saturated carbocycles. The Balaban J connectivity index is 1.81. The number of esters is 2. The van der Waals surface area contributed by atoms with Gasteiger partial charge in [0.2, 0.25) is 5.91 Å². The Bertz CT molecular complexity index is 1320. The van der Waals surface area contributed by atoms with Gasteiger partial charge in [-0.2, -0.15) is 13.2 Å². The first-order valence-corrected chi connectivity index (χ1v) is 13.1. The summed E-state index contributed by atoms with van der Waals surface area (Å²) in [5.74, 6) is -4.65. The molecule has 4 N–H and O–H groups in total. The second-order valence-corrected chi connectivity index (χ2v) is 9.57. The van der Waals surface area contributed by atoms with E-state index < -0.39 is 49.4 Å². The zero-order valence-corrected chi connectivity index (χ0v) is 23.0. The lowest BCUT2D eigenvalue weighted by Gasteiger charge is -2.23. The van der Waals surface area contributed by atoms with Gasteiger partial charge >= 0.3 is 18.1 Å². The highest BCUT2D eigenvalue weighted by atomic mass is 19.4. The Labute approximate surface area is 240 Å². The molecule has 0 bridgehead atoms. The van der Waals surface area contributed by atoms with E-state index >= 15 is 0 Å². The summed E-state index contributed by atoms with van der Waals surface area (Å²) < 4.78 is 46.4. The number of nitrogens with one attached hydrogen (secondary N) is 2. The maximum atomic E-state index is 13.6. The average Bonchev–Trinajstić information content (AvgIpc) is 3.03. The number of alkyl halides is 3. The minimum absolute atomic E-state index is 0.0993. The normalized spacial score (nSPS) is 13.3. The number of halogens is 3. The van der Waals surface area contributed by atoms with Crippen molar-refractivity contribution in [2.75, 3.05) is 31.6 Å². The molecular formula is C28H32F3N5O6. The van der Waals surface area contributed by atoms with Crippen molar-refractivity contribution >= 4 is 35.4 Å². The van der Waals surface area contributed by atoms with Crippen LogP contribution in [-0.4, -0.2) is 67.5 Å². The minimum atomic E-state index is -5.34. The van der Waals surface area contributed by atoms with Gasteiger partial charge in [0.25, 0.3) is 5.91 Å². The summed E-state index contributed by atoms with van der Waals surface area (Å²) in [5.41, 5.74) is 7.42. The Hall–Kier alpha value is -4.62. The maximum absolute atomic E-state index is 13.6. The molecule has 0 unspecified atom stereocenters. The Kier molecular flexibility index (Phi) is 10.9. The fourth-order valence-corrected chi connectivity index (χ4v) is 4.33. The summed E-state index contributed by atoms with van der Waals surface area (Å²) >= 11 is 0. The SMILES string of the molecule is COc1ccc(CN2C(=O)CN(CCC(=O)OC(=O)C(F)(F)F)C(=O)c3cc(CCCCCNC(=N)N)ccc32)cc1. The summed E-state index contributed by atoms with van der Waals surface area (Å²) in [6.45, 7) is -0.186. The van der Waals surface area contributed by atoms with Crippen molar-refractivity contribution in [3.05, 3.63) is 59.2 Å². The number of carbonyl (C=O) groups is 4. The van der Waals surface area contributed by atoms with Gasteiger partial charge in [-0.25, -0.2) is 4.79 Å². The molecule has 0 radical (unpaired) electrons. The molecule has 2 aromatic carbocycles. The first kappa shape index (κ1) is 31.9. The quantitative estimate of drug-likeness (QED) is 0.112. The molecule has 14 heteroatoms. The van der Waals surface area contributed by atoms with Crippen LogP contribution in [0.4, 0.5) is 18.9 Å². The molecule has 0 aromatic heterocycles. The molecular weight excluding hydrogens is 559 g/mol. The number of hydrogen-bond donors (Lipinski definition) is 3. The summed E-state index contributed by atoms with van der Waals surface area (Å²) in [4.78, 5) is 52.4. The lowest BCUT2D eigenvalue weighted by molar-refractivity contribution is -0.201. The zero-order chi connectivity index (χ0) is 30.9. The van der Waals surface area contributed by atoms with Gasteiger partial charge in [0.05, 0.1) is 31.3 Å². The van der Waals surface area contributed by atoms with E-state index in [4.69, 9.17) is 15.9 Å². The molecule has 0 fully saturated rings. The Morgan fingerprint density at radius 2 is 1.74 bits per heavy atom. The van der Waals surface area contributed by atoms with Crippen LogP contribution < -0.4 is 20.7 Å². The van der Waals surface area contributed by atoms with Crippen molar-refractivity contribution in [1.29, 1.82) is 5.41 Å². The Morgan fingerprint density at radius 1 is 1.05 bits per heavy atom. The third-order valence-corrected chi connectivity index (χ3v) is 6.48. The fourth-order valence-electron chi connectivity index (χ4n) is 4.33. The molecule has 226 valence electrons. The number of ether oxygens (including phenoxy) is 2. The second kappa shape index (κ2) is 14.3. The molecule has 0 saturated heterocycles. The van der Waals surface area contributed by atoms with Crippen molar-refractivity contribution in [2.45, 2.75) is 44.8 Å². The van der Waals surface area contributed by atoms with Crippen LogP contribution in [0.25, 0.3) is 0 Å². The van der Waals surface area contributed by atoms with Gasteiger partial charge in [-0.1, -0.05) is 24.6 Å². The molecule has 0 spiro atoms. The highest BCUT2D eigenvalue weighted by Gasteiger charge is 2.42. The van der Waals surface area contributed by atoms with E-state index in [-0.39, 0.29) is 18.1 Å². The smallest absolute Gasteiger partial charge is 0.491 e. The lowest BCUT2D eigenvalue weighted by atomic mass is 10.0. The summed E-state index contributed by atoms with van der Waals surface area (Å²) in [7, 11) is 1.53. The number of fused-ring (bicyclic) bond motifs is 1. The van der Waals surface area contributed by atoms with Crippen LogP contribution in [-0.2, 0) is 32.1 Å². The van der Waals surface area contributed by atoms with Crippen molar-refractivity contribution in [3.8, 4) is 5.75 Å². The van der Waals surface area contributed by atoms with Crippen molar-refractivity contribution in [1.82, 2.24) is 10.2 Å². The number of hydrogen-bond acceptors (Lipinski definition) is 7. The number of unbranched alkanes of at least 4 members (excludes halogenated alkanes) is 2.